The van der Waals surface area contributed by atoms with Crippen LogP contribution in [-0.4, -0.2) is 20.1 Å². The second kappa shape index (κ2) is 5.27. The van der Waals surface area contributed by atoms with Crippen LogP contribution in [0.3, 0.4) is 0 Å². The maximum Gasteiger partial charge on any atom is 0.164 e. The van der Waals surface area contributed by atoms with E-state index in [1.165, 1.54) is 5.56 Å². The smallest absolute Gasteiger partial charge is 0.164 e. The Labute approximate surface area is 119 Å². The molecule has 4 nitrogen and oxygen atoms in total. The van der Waals surface area contributed by atoms with E-state index in [2.05, 4.69) is 29.7 Å². The van der Waals surface area contributed by atoms with Crippen molar-refractivity contribution in [2.75, 3.05) is 0 Å². The lowest BCUT2D eigenvalue weighted by molar-refractivity contribution is 0.0982. The summed E-state index contributed by atoms with van der Waals surface area (Å²) in [6, 6.07) is 2.43. The molecule has 0 bridgehead atoms. The average molecular weight is 271 g/mol. The lowest BCUT2D eigenvalue weighted by atomic mass is 10.1. The topological polar surface area (TPSA) is 39.8 Å². The van der Waals surface area contributed by atoms with Crippen molar-refractivity contribution in [1.29, 1.82) is 0 Å². The van der Waals surface area contributed by atoms with Crippen LogP contribution in [0.15, 0.2) is 24.7 Å². The van der Waals surface area contributed by atoms with Crippen molar-refractivity contribution in [3.63, 3.8) is 0 Å². The monoisotopic (exact) mass is 271 g/mol. The van der Waals surface area contributed by atoms with Crippen molar-refractivity contribution in [2.24, 2.45) is 0 Å². The number of hydrogen-bond acceptors (Lipinski definition) is 2. The molecule has 2 aromatic rings. The van der Waals surface area contributed by atoms with Crippen LogP contribution in [0.2, 0.25) is 0 Å². The number of Topliss-reactive ketones (excluding diaryl/α,β-unsaturated/α-hetero) is 1. The van der Waals surface area contributed by atoms with Crippen molar-refractivity contribution in [2.45, 2.75) is 52.1 Å². The van der Waals surface area contributed by atoms with Crippen LogP contribution >= 0.6 is 0 Å². The van der Waals surface area contributed by atoms with Gasteiger partial charge in [0.25, 0.3) is 0 Å². The zero-order valence-corrected chi connectivity index (χ0v) is 12.2. The molecular formula is C16H21N3O. The Morgan fingerprint density at radius 1 is 1.25 bits per heavy atom. The van der Waals surface area contributed by atoms with Gasteiger partial charge in [0.1, 0.15) is 0 Å². The molecule has 0 amide bonds. The van der Waals surface area contributed by atoms with Gasteiger partial charge in [0.05, 0.1) is 12.2 Å². The molecule has 1 aliphatic carbocycles. The lowest BCUT2D eigenvalue weighted by Crippen LogP contribution is -2.04. The Balaban J connectivity index is 1.81. The molecule has 2 heterocycles. The average Bonchev–Trinajstić information content (AvgIpc) is 2.99. The molecule has 0 fully saturated rings. The largest absolute Gasteiger partial charge is 0.347 e. The van der Waals surface area contributed by atoms with Crippen LogP contribution in [0, 0.1) is 0 Å². The molecule has 0 saturated heterocycles. The third-order valence-electron chi connectivity index (χ3n) is 3.90. The Morgan fingerprint density at radius 3 is 2.80 bits per heavy atom. The summed E-state index contributed by atoms with van der Waals surface area (Å²) >= 11 is 0. The quantitative estimate of drug-likeness (QED) is 0.804. The Kier molecular flexibility index (Phi) is 3.47. The summed E-state index contributed by atoms with van der Waals surface area (Å²) in [5, 5.41) is 4.56. The molecule has 0 radical (unpaired) electrons. The van der Waals surface area contributed by atoms with E-state index in [9.17, 15) is 4.79 Å². The molecule has 0 unspecified atom stereocenters. The first-order valence-corrected chi connectivity index (χ1v) is 7.39. The molecular weight excluding hydrogens is 250 g/mol. The SMILES string of the molecule is CC(C)n1ccc(Cn2cc3c(c2)C(=O)CCCC3)n1. The fourth-order valence-electron chi connectivity index (χ4n) is 2.77. The number of carbonyl (C=O) groups excluding carboxylic acids is 1. The van der Waals surface area contributed by atoms with Crippen LogP contribution in [0.25, 0.3) is 0 Å². The Hall–Kier alpha value is -1.84. The molecule has 0 aliphatic heterocycles. The summed E-state index contributed by atoms with van der Waals surface area (Å²) in [6.07, 6.45) is 9.98. The van der Waals surface area contributed by atoms with Crippen molar-refractivity contribution >= 4 is 5.78 Å². The zero-order chi connectivity index (χ0) is 14.1. The summed E-state index contributed by atoms with van der Waals surface area (Å²) in [5.74, 6) is 0.295. The third-order valence-corrected chi connectivity index (χ3v) is 3.90. The Morgan fingerprint density at radius 2 is 2.05 bits per heavy atom. The van der Waals surface area contributed by atoms with Gasteiger partial charge in [-0.05, 0) is 44.7 Å². The summed E-state index contributed by atoms with van der Waals surface area (Å²) in [5.41, 5.74) is 3.16. The summed E-state index contributed by atoms with van der Waals surface area (Å²) in [4.78, 5) is 12.0. The first kappa shape index (κ1) is 13.2. The number of aromatic nitrogens is 3. The summed E-state index contributed by atoms with van der Waals surface area (Å²) < 4.78 is 4.07. The summed E-state index contributed by atoms with van der Waals surface area (Å²) in [7, 11) is 0. The van der Waals surface area contributed by atoms with Gasteiger partial charge < -0.3 is 4.57 Å². The molecule has 3 rings (SSSR count). The highest BCUT2D eigenvalue weighted by atomic mass is 16.1. The van der Waals surface area contributed by atoms with Crippen LogP contribution < -0.4 is 0 Å². The highest BCUT2D eigenvalue weighted by Gasteiger charge is 2.17. The fraction of sp³-hybridized carbons (Fsp3) is 0.500. The molecule has 0 N–H and O–H groups in total. The van der Waals surface area contributed by atoms with E-state index < -0.39 is 0 Å². The van der Waals surface area contributed by atoms with E-state index in [0.29, 0.717) is 18.2 Å². The van der Waals surface area contributed by atoms with Gasteiger partial charge in [0.15, 0.2) is 5.78 Å². The maximum atomic E-state index is 12.0. The zero-order valence-electron chi connectivity index (χ0n) is 12.2. The molecule has 4 heteroatoms. The molecule has 0 aromatic carbocycles. The number of ketones is 1. The van der Waals surface area contributed by atoms with Gasteiger partial charge in [0.2, 0.25) is 0 Å². The van der Waals surface area contributed by atoms with E-state index in [1.54, 1.807) is 0 Å². The van der Waals surface area contributed by atoms with Crippen LogP contribution in [0.5, 0.6) is 0 Å². The van der Waals surface area contributed by atoms with E-state index in [0.717, 1.165) is 37.1 Å². The van der Waals surface area contributed by atoms with E-state index in [-0.39, 0.29) is 0 Å². The van der Waals surface area contributed by atoms with E-state index >= 15 is 0 Å². The molecule has 0 saturated carbocycles. The molecule has 0 atom stereocenters. The normalized spacial score (nSPS) is 15.4. The van der Waals surface area contributed by atoms with Crippen molar-refractivity contribution < 1.29 is 4.79 Å². The highest BCUT2D eigenvalue weighted by molar-refractivity contribution is 5.97. The van der Waals surface area contributed by atoms with Gasteiger partial charge in [-0.1, -0.05) is 0 Å². The Bertz CT molecular complexity index is 621. The van der Waals surface area contributed by atoms with Gasteiger partial charge in [-0.15, -0.1) is 0 Å². The number of nitrogens with zero attached hydrogens (tertiary/aromatic N) is 3. The van der Waals surface area contributed by atoms with Crippen LogP contribution in [-0.2, 0) is 13.0 Å². The predicted molar refractivity (Wildman–Crippen MR) is 78.0 cm³/mol. The molecule has 106 valence electrons. The van der Waals surface area contributed by atoms with Gasteiger partial charge in [-0.25, -0.2) is 0 Å². The lowest BCUT2D eigenvalue weighted by Gasteiger charge is -2.04. The van der Waals surface area contributed by atoms with Crippen LogP contribution in [0.4, 0.5) is 0 Å². The third kappa shape index (κ3) is 2.55. The molecule has 0 spiro atoms. The first-order valence-electron chi connectivity index (χ1n) is 7.39. The first-order chi connectivity index (χ1) is 9.63. The molecule has 20 heavy (non-hydrogen) atoms. The van der Waals surface area contributed by atoms with Crippen molar-refractivity contribution in [3.8, 4) is 0 Å². The minimum Gasteiger partial charge on any atom is -0.347 e. The van der Waals surface area contributed by atoms with Crippen molar-refractivity contribution in [1.82, 2.24) is 14.3 Å². The van der Waals surface area contributed by atoms with E-state index in [4.69, 9.17) is 0 Å². The fourth-order valence-corrected chi connectivity index (χ4v) is 2.77. The van der Waals surface area contributed by atoms with Gasteiger partial charge in [-0.3, -0.25) is 9.48 Å². The van der Waals surface area contributed by atoms with Gasteiger partial charge >= 0.3 is 0 Å². The van der Waals surface area contributed by atoms with Crippen molar-refractivity contribution in [3.05, 3.63) is 41.5 Å². The highest BCUT2D eigenvalue weighted by Crippen LogP contribution is 2.22. The maximum absolute atomic E-state index is 12.0. The van der Waals surface area contributed by atoms with Crippen LogP contribution in [0.1, 0.15) is 60.8 Å². The number of carbonyl (C=O) groups is 1. The molecule has 1 aliphatic rings. The number of aryl methyl sites for hydroxylation is 1. The number of hydrogen-bond donors (Lipinski definition) is 0. The van der Waals surface area contributed by atoms with Gasteiger partial charge in [0, 0.05) is 36.6 Å². The summed E-state index contributed by atoms with van der Waals surface area (Å²) in [6.45, 7) is 4.97. The number of rotatable bonds is 3. The predicted octanol–water partition coefficient (Wildman–Crippen LogP) is 3.22. The minimum atomic E-state index is 0.295. The van der Waals surface area contributed by atoms with Gasteiger partial charge in [-0.2, -0.15) is 5.10 Å². The number of fused-ring (bicyclic) bond motifs is 1. The standard InChI is InChI=1S/C16H21N3O/c1-12(2)19-8-7-14(17-19)10-18-9-13-5-3-4-6-16(20)15(13)11-18/h7-9,11-12H,3-6,10H2,1-2H3. The van der Waals surface area contributed by atoms with E-state index in [1.807, 2.05) is 23.1 Å². The second-order valence-electron chi connectivity index (χ2n) is 5.88. The molecule has 2 aromatic heterocycles. The minimum absolute atomic E-state index is 0.295. The second-order valence-corrected chi connectivity index (χ2v) is 5.88.